The topological polar surface area (TPSA) is 51.2 Å². The Morgan fingerprint density at radius 3 is 2.81 bits per heavy atom. The fourth-order valence-corrected chi connectivity index (χ4v) is 2.98. The van der Waals surface area contributed by atoms with Gasteiger partial charge in [0.05, 0.1) is 11.2 Å². The number of benzene rings is 1. The molecule has 0 aliphatic heterocycles. The van der Waals surface area contributed by atoms with Gasteiger partial charge in [0.25, 0.3) is 0 Å². The van der Waals surface area contributed by atoms with Crippen LogP contribution < -0.4 is 5.32 Å². The largest absolute Gasteiger partial charge is 0.444 e. The van der Waals surface area contributed by atoms with Crippen molar-refractivity contribution in [3.8, 4) is 10.6 Å². The molecule has 0 saturated carbocycles. The lowest BCUT2D eigenvalue weighted by atomic mass is 10.2. The second-order valence-corrected chi connectivity index (χ2v) is 7.63. The van der Waals surface area contributed by atoms with Crippen molar-refractivity contribution in [2.45, 2.75) is 26.4 Å². The van der Waals surface area contributed by atoms with Crippen molar-refractivity contribution in [3.63, 3.8) is 0 Å². The van der Waals surface area contributed by atoms with Crippen LogP contribution in [0.25, 0.3) is 10.6 Å². The van der Waals surface area contributed by atoms with Crippen molar-refractivity contribution in [1.29, 1.82) is 0 Å². The van der Waals surface area contributed by atoms with E-state index >= 15 is 0 Å². The third-order valence-electron chi connectivity index (χ3n) is 2.29. The number of anilines is 1. The Morgan fingerprint density at radius 1 is 1.43 bits per heavy atom. The number of amides is 1. The number of aromatic nitrogens is 1. The molecule has 0 atom stereocenters. The molecule has 1 heterocycles. The molecule has 0 aliphatic rings. The van der Waals surface area contributed by atoms with Crippen molar-refractivity contribution >= 4 is 50.0 Å². The van der Waals surface area contributed by atoms with Gasteiger partial charge in [0, 0.05) is 10.0 Å². The van der Waals surface area contributed by atoms with Gasteiger partial charge in [-0.05, 0) is 39.0 Å². The Morgan fingerprint density at radius 2 is 2.14 bits per heavy atom. The number of ether oxygens (including phenoxy) is 1. The zero-order chi connectivity index (χ0) is 15.6. The molecule has 0 aliphatic carbocycles. The Balaban J connectivity index is 2.15. The maximum atomic E-state index is 11.7. The van der Waals surface area contributed by atoms with Crippen LogP contribution in [0.2, 0.25) is 5.02 Å². The molecule has 4 nitrogen and oxygen atoms in total. The molecule has 0 fully saturated rings. The van der Waals surface area contributed by atoms with Gasteiger partial charge in [0.15, 0.2) is 0 Å². The maximum absolute atomic E-state index is 11.7. The van der Waals surface area contributed by atoms with Crippen molar-refractivity contribution in [3.05, 3.63) is 33.9 Å². The Hall–Kier alpha value is -1.11. The fourth-order valence-electron chi connectivity index (χ4n) is 1.52. The maximum Gasteiger partial charge on any atom is 0.412 e. The van der Waals surface area contributed by atoms with Crippen molar-refractivity contribution < 1.29 is 9.53 Å². The highest BCUT2D eigenvalue weighted by Gasteiger charge is 2.17. The summed E-state index contributed by atoms with van der Waals surface area (Å²) in [5.41, 5.74) is 0.277. The summed E-state index contributed by atoms with van der Waals surface area (Å²) in [6.45, 7) is 5.43. The molecule has 7 heteroatoms. The molecule has 0 bridgehead atoms. The summed E-state index contributed by atoms with van der Waals surface area (Å²) in [6, 6.07) is 5.54. The number of rotatable bonds is 2. The highest BCUT2D eigenvalue weighted by atomic mass is 79.9. The summed E-state index contributed by atoms with van der Waals surface area (Å²) >= 11 is 10.9. The summed E-state index contributed by atoms with van der Waals surface area (Å²) in [5, 5.41) is 4.61. The molecule has 112 valence electrons. The van der Waals surface area contributed by atoms with E-state index in [1.54, 1.807) is 12.3 Å². The summed E-state index contributed by atoms with van der Waals surface area (Å²) in [4.78, 5) is 16.0. The molecular weight excluding hydrogens is 376 g/mol. The van der Waals surface area contributed by atoms with Crippen molar-refractivity contribution in [2.75, 3.05) is 5.32 Å². The first kappa shape index (κ1) is 16.3. The lowest BCUT2D eigenvalue weighted by Crippen LogP contribution is -2.26. The minimum atomic E-state index is -0.537. The van der Waals surface area contributed by atoms with E-state index in [9.17, 15) is 4.79 Å². The number of hydrogen-bond donors (Lipinski definition) is 1. The van der Waals surface area contributed by atoms with E-state index in [4.69, 9.17) is 16.3 Å². The Kier molecular flexibility index (Phi) is 4.91. The highest BCUT2D eigenvalue weighted by molar-refractivity contribution is 9.10. The monoisotopic (exact) mass is 388 g/mol. The van der Waals surface area contributed by atoms with Gasteiger partial charge in [-0.25, -0.2) is 9.78 Å². The number of nitrogens with zero attached hydrogens (tertiary/aromatic N) is 1. The quantitative estimate of drug-likeness (QED) is 0.730. The first-order valence-corrected chi connectivity index (χ1v) is 8.14. The van der Waals surface area contributed by atoms with Gasteiger partial charge in [-0.3, -0.25) is 5.32 Å². The van der Waals surface area contributed by atoms with Crippen LogP contribution in [0.4, 0.5) is 9.80 Å². The molecule has 2 rings (SSSR count). The minimum Gasteiger partial charge on any atom is -0.444 e. The van der Waals surface area contributed by atoms with Gasteiger partial charge in [-0.15, -0.1) is 0 Å². The van der Waals surface area contributed by atoms with Crippen LogP contribution in [0.3, 0.4) is 0 Å². The zero-order valence-corrected chi connectivity index (χ0v) is 14.9. The molecule has 0 unspecified atom stereocenters. The third kappa shape index (κ3) is 4.69. The SMILES string of the molecule is CC(C)(C)OC(=O)Nc1cnc(-c2cc(Br)ccc2Cl)s1. The van der Waals surface area contributed by atoms with Crippen LogP contribution in [-0.4, -0.2) is 16.7 Å². The molecule has 0 radical (unpaired) electrons. The first-order chi connectivity index (χ1) is 9.74. The predicted octanol–water partition coefficient (Wildman–Crippen LogP) is 5.57. The smallest absolute Gasteiger partial charge is 0.412 e. The van der Waals surface area contributed by atoms with Crippen LogP contribution in [0, 0.1) is 0 Å². The molecule has 0 spiro atoms. The fraction of sp³-hybridized carbons (Fsp3) is 0.286. The van der Waals surface area contributed by atoms with Gasteiger partial charge in [-0.1, -0.05) is 38.9 Å². The summed E-state index contributed by atoms with van der Waals surface area (Å²) in [5.74, 6) is 0. The normalized spacial score (nSPS) is 11.3. The van der Waals surface area contributed by atoms with Gasteiger partial charge < -0.3 is 4.74 Å². The molecule has 1 amide bonds. The molecule has 2 aromatic rings. The lowest BCUT2D eigenvalue weighted by molar-refractivity contribution is 0.0636. The average Bonchev–Trinajstić information content (AvgIpc) is 2.78. The van der Waals surface area contributed by atoms with E-state index in [1.807, 2.05) is 32.9 Å². The Labute approximate surface area is 140 Å². The molecule has 1 N–H and O–H groups in total. The average molecular weight is 390 g/mol. The van der Waals surface area contributed by atoms with Crippen LogP contribution in [-0.2, 0) is 4.74 Å². The molecular formula is C14H14BrClN2O2S. The summed E-state index contributed by atoms with van der Waals surface area (Å²) < 4.78 is 6.11. The number of halogens is 2. The van der Waals surface area contributed by atoms with Gasteiger partial charge in [0.2, 0.25) is 0 Å². The molecule has 1 aromatic heterocycles. The summed E-state index contributed by atoms with van der Waals surface area (Å²) in [6.07, 6.45) is 1.08. The van der Waals surface area contributed by atoms with E-state index in [-0.39, 0.29) is 0 Å². The predicted molar refractivity (Wildman–Crippen MR) is 90.1 cm³/mol. The summed E-state index contributed by atoms with van der Waals surface area (Å²) in [7, 11) is 0. The first-order valence-electron chi connectivity index (χ1n) is 6.16. The van der Waals surface area contributed by atoms with Gasteiger partial charge in [0.1, 0.15) is 15.6 Å². The zero-order valence-electron chi connectivity index (χ0n) is 11.7. The second-order valence-electron chi connectivity index (χ2n) is 5.28. The molecule has 21 heavy (non-hydrogen) atoms. The van der Waals surface area contributed by atoms with E-state index in [2.05, 4.69) is 26.2 Å². The van der Waals surface area contributed by atoms with Crippen molar-refractivity contribution in [2.24, 2.45) is 0 Å². The van der Waals surface area contributed by atoms with Crippen LogP contribution in [0.5, 0.6) is 0 Å². The number of thiazole rings is 1. The van der Waals surface area contributed by atoms with Crippen LogP contribution in [0.15, 0.2) is 28.9 Å². The van der Waals surface area contributed by atoms with E-state index in [1.165, 1.54) is 11.3 Å². The Bertz CT molecular complexity index is 667. The second kappa shape index (κ2) is 6.34. The minimum absolute atomic E-state index is 0.502. The van der Waals surface area contributed by atoms with Crippen LogP contribution >= 0.6 is 38.9 Å². The van der Waals surface area contributed by atoms with E-state index in [0.29, 0.717) is 10.0 Å². The van der Waals surface area contributed by atoms with E-state index < -0.39 is 11.7 Å². The highest BCUT2D eigenvalue weighted by Crippen LogP contribution is 2.35. The van der Waals surface area contributed by atoms with Gasteiger partial charge >= 0.3 is 6.09 Å². The molecule has 0 saturated heterocycles. The number of hydrogen-bond acceptors (Lipinski definition) is 4. The standard InChI is InChI=1S/C14H14BrClN2O2S/c1-14(2,3)20-13(19)18-11-7-17-12(21-11)9-6-8(15)4-5-10(9)16/h4-7H,1-3H3,(H,18,19). The van der Waals surface area contributed by atoms with Crippen LogP contribution in [0.1, 0.15) is 20.8 Å². The number of nitrogens with one attached hydrogen (secondary N) is 1. The third-order valence-corrected chi connectivity index (χ3v) is 4.06. The van der Waals surface area contributed by atoms with Crippen molar-refractivity contribution in [1.82, 2.24) is 4.98 Å². The molecule has 1 aromatic carbocycles. The lowest BCUT2D eigenvalue weighted by Gasteiger charge is -2.19. The number of carbonyl (C=O) groups is 1. The van der Waals surface area contributed by atoms with Gasteiger partial charge in [-0.2, -0.15) is 0 Å². The van der Waals surface area contributed by atoms with E-state index in [0.717, 1.165) is 15.0 Å². The number of carbonyl (C=O) groups excluding carboxylic acids is 1.